The molecular weight excluding hydrogens is 426 g/mol. The van der Waals surface area contributed by atoms with Crippen LogP contribution in [-0.4, -0.2) is 34.2 Å². The molecular formula is C24H25N3O4S. The first kappa shape index (κ1) is 23.0. The summed E-state index contributed by atoms with van der Waals surface area (Å²) in [5.41, 5.74) is 5.34. The Bertz CT molecular complexity index is 1200. The van der Waals surface area contributed by atoms with Crippen molar-refractivity contribution in [2.45, 2.75) is 18.7 Å². The van der Waals surface area contributed by atoms with Crippen molar-refractivity contribution in [3.05, 3.63) is 89.5 Å². The molecule has 32 heavy (non-hydrogen) atoms. The van der Waals surface area contributed by atoms with Gasteiger partial charge in [-0.15, -0.1) is 0 Å². The third-order valence-corrected chi connectivity index (χ3v) is 6.40. The number of hydrogen-bond acceptors (Lipinski definition) is 5. The van der Waals surface area contributed by atoms with E-state index in [-0.39, 0.29) is 4.90 Å². The first-order chi connectivity index (χ1) is 15.3. The maximum absolute atomic E-state index is 13.4. The Kier molecular flexibility index (Phi) is 7.27. The molecule has 0 aromatic heterocycles. The summed E-state index contributed by atoms with van der Waals surface area (Å²) >= 11 is 0. The van der Waals surface area contributed by atoms with Crippen LogP contribution in [0, 0.1) is 13.8 Å². The smallest absolute Gasteiger partial charge is 0.264 e. The standard InChI is InChI=1S/C24H25N3O4S/c1-18-12-19(2)14-21(13-18)27(32(29,30)23-10-5-4-6-11-23)17-24(28)26-25-16-20-8-7-9-22(15-20)31-3/h4-16H,17H2,1-3H3,(H,26,28)/b25-16-. The van der Waals surface area contributed by atoms with Crippen molar-refractivity contribution in [2.24, 2.45) is 5.10 Å². The van der Waals surface area contributed by atoms with Crippen LogP contribution in [0.1, 0.15) is 16.7 Å². The molecule has 0 aliphatic rings. The van der Waals surface area contributed by atoms with Gasteiger partial charge in [0.2, 0.25) is 0 Å². The van der Waals surface area contributed by atoms with Gasteiger partial charge < -0.3 is 4.74 Å². The number of nitrogens with zero attached hydrogens (tertiary/aromatic N) is 2. The van der Waals surface area contributed by atoms with E-state index in [4.69, 9.17) is 4.74 Å². The van der Waals surface area contributed by atoms with Crippen LogP contribution < -0.4 is 14.5 Å². The molecule has 0 bridgehead atoms. The van der Waals surface area contributed by atoms with Crippen molar-refractivity contribution in [3.8, 4) is 5.75 Å². The van der Waals surface area contributed by atoms with Gasteiger partial charge in [-0.3, -0.25) is 9.10 Å². The van der Waals surface area contributed by atoms with Crippen molar-refractivity contribution in [1.82, 2.24) is 5.43 Å². The predicted molar refractivity (Wildman–Crippen MR) is 126 cm³/mol. The van der Waals surface area contributed by atoms with Crippen molar-refractivity contribution < 1.29 is 17.9 Å². The van der Waals surface area contributed by atoms with Crippen LogP contribution in [0.25, 0.3) is 0 Å². The van der Waals surface area contributed by atoms with Crippen LogP contribution in [-0.2, 0) is 14.8 Å². The molecule has 0 saturated carbocycles. The minimum atomic E-state index is -3.96. The molecule has 0 aliphatic carbocycles. The van der Waals surface area contributed by atoms with Gasteiger partial charge in [-0.25, -0.2) is 13.8 Å². The van der Waals surface area contributed by atoms with Gasteiger partial charge >= 0.3 is 0 Å². The minimum Gasteiger partial charge on any atom is -0.497 e. The predicted octanol–water partition coefficient (Wildman–Crippen LogP) is 3.66. The molecule has 8 heteroatoms. The number of carbonyl (C=O) groups excluding carboxylic acids is 1. The fraction of sp³-hybridized carbons (Fsp3) is 0.167. The van der Waals surface area contributed by atoms with E-state index >= 15 is 0 Å². The SMILES string of the molecule is COc1cccc(/C=N\NC(=O)CN(c2cc(C)cc(C)c2)S(=O)(=O)c2ccccc2)c1. The second kappa shape index (κ2) is 10.1. The molecule has 0 saturated heterocycles. The summed E-state index contributed by atoms with van der Waals surface area (Å²) in [6.07, 6.45) is 1.47. The molecule has 1 amide bonds. The number of benzene rings is 3. The number of carbonyl (C=O) groups is 1. The van der Waals surface area contributed by atoms with Gasteiger partial charge in [0.05, 0.1) is 23.9 Å². The Balaban J connectivity index is 1.85. The van der Waals surface area contributed by atoms with Gasteiger partial charge in [-0.05, 0) is 66.9 Å². The van der Waals surface area contributed by atoms with Gasteiger partial charge in [0.1, 0.15) is 12.3 Å². The Hall–Kier alpha value is -3.65. The van der Waals surface area contributed by atoms with Crippen molar-refractivity contribution in [3.63, 3.8) is 0 Å². The van der Waals surface area contributed by atoms with Gasteiger partial charge in [0, 0.05) is 0 Å². The highest BCUT2D eigenvalue weighted by molar-refractivity contribution is 7.92. The highest BCUT2D eigenvalue weighted by Crippen LogP contribution is 2.25. The number of methoxy groups -OCH3 is 1. The summed E-state index contributed by atoms with van der Waals surface area (Å²) in [5, 5.41) is 3.95. The molecule has 0 spiro atoms. The summed E-state index contributed by atoms with van der Waals surface area (Å²) in [6.45, 7) is 3.33. The lowest BCUT2D eigenvalue weighted by Gasteiger charge is -2.24. The van der Waals surface area contributed by atoms with Crippen LogP contribution >= 0.6 is 0 Å². The first-order valence-electron chi connectivity index (χ1n) is 9.91. The maximum Gasteiger partial charge on any atom is 0.264 e. The summed E-state index contributed by atoms with van der Waals surface area (Å²) < 4.78 is 33.0. The molecule has 0 atom stereocenters. The van der Waals surface area contributed by atoms with E-state index in [0.29, 0.717) is 11.4 Å². The molecule has 166 valence electrons. The zero-order valence-electron chi connectivity index (χ0n) is 18.1. The van der Waals surface area contributed by atoms with Crippen LogP contribution in [0.4, 0.5) is 5.69 Å². The van der Waals surface area contributed by atoms with Crippen LogP contribution in [0.15, 0.2) is 82.8 Å². The number of sulfonamides is 1. The molecule has 3 aromatic rings. The normalized spacial score (nSPS) is 11.3. The average Bonchev–Trinajstić information content (AvgIpc) is 2.77. The van der Waals surface area contributed by atoms with Gasteiger partial charge in [-0.2, -0.15) is 5.10 Å². The Labute approximate surface area is 188 Å². The lowest BCUT2D eigenvalue weighted by molar-refractivity contribution is -0.119. The Morgan fingerprint density at radius 3 is 2.34 bits per heavy atom. The van der Waals surface area contributed by atoms with Gasteiger partial charge in [0.15, 0.2) is 0 Å². The van der Waals surface area contributed by atoms with E-state index in [1.165, 1.54) is 18.3 Å². The highest BCUT2D eigenvalue weighted by Gasteiger charge is 2.27. The Morgan fingerprint density at radius 2 is 1.69 bits per heavy atom. The third kappa shape index (κ3) is 5.73. The summed E-state index contributed by atoms with van der Waals surface area (Å²) in [5.74, 6) is 0.0954. The fourth-order valence-corrected chi connectivity index (χ4v) is 4.62. The monoisotopic (exact) mass is 451 g/mol. The molecule has 0 fully saturated rings. The van der Waals surface area contributed by atoms with E-state index < -0.39 is 22.5 Å². The number of amides is 1. The average molecular weight is 452 g/mol. The number of aryl methyl sites for hydroxylation is 2. The molecule has 3 rings (SSSR count). The van der Waals surface area contributed by atoms with Crippen molar-refractivity contribution in [2.75, 3.05) is 18.0 Å². The van der Waals surface area contributed by atoms with E-state index in [2.05, 4.69) is 10.5 Å². The number of hydrogen-bond donors (Lipinski definition) is 1. The zero-order chi connectivity index (χ0) is 23.1. The maximum atomic E-state index is 13.4. The van der Waals surface area contributed by atoms with E-state index in [1.807, 2.05) is 19.9 Å². The minimum absolute atomic E-state index is 0.104. The lowest BCUT2D eigenvalue weighted by Crippen LogP contribution is -2.39. The molecule has 0 heterocycles. The van der Waals surface area contributed by atoms with Gasteiger partial charge in [0.25, 0.3) is 15.9 Å². The summed E-state index contributed by atoms with van der Waals surface area (Å²) in [7, 11) is -2.40. The molecule has 7 nitrogen and oxygen atoms in total. The molecule has 0 radical (unpaired) electrons. The zero-order valence-corrected chi connectivity index (χ0v) is 19.0. The topological polar surface area (TPSA) is 88.1 Å². The van der Waals surface area contributed by atoms with E-state index in [1.54, 1.807) is 61.7 Å². The number of nitrogens with one attached hydrogen (secondary N) is 1. The van der Waals surface area contributed by atoms with E-state index in [9.17, 15) is 13.2 Å². The quantitative estimate of drug-likeness (QED) is 0.418. The highest BCUT2D eigenvalue weighted by atomic mass is 32.2. The Morgan fingerprint density at radius 1 is 1.00 bits per heavy atom. The third-order valence-electron chi connectivity index (χ3n) is 4.61. The summed E-state index contributed by atoms with van der Waals surface area (Å²) in [4.78, 5) is 12.7. The summed E-state index contributed by atoms with van der Waals surface area (Å²) in [6, 6.07) is 20.6. The molecule has 0 aliphatic heterocycles. The number of hydrazone groups is 1. The molecule has 0 unspecified atom stereocenters. The number of rotatable bonds is 8. The second-order valence-corrected chi connectivity index (χ2v) is 9.10. The van der Waals surface area contributed by atoms with E-state index in [0.717, 1.165) is 21.0 Å². The van der Waals surface area contributed by atoms with Crippen LogP contribution in [0.2, 0.25) is 0 Å². The van der Waals surface area contributed by atoms with Crippen LogP contribution in [0.5, 0.6) is 5.75 Å². The van der Waals surface area contributed by atoms with Crippen molar-refractivity contribution in [1.29, 1.82) is 0 Å². The van der Waals surface area contributed by atoms with Crippen LogP contribution in [0.3, 0.4) is 0 Å². The second-order valence-electron chi connectivity index (χ2n) is 7.24. The number of ether oxygens (including phenoxy) is 1. The first-order valence-corrected chi connectivity index (χ1v) is 11.4. The molecule has 1 N–H and O–H groups in total. The molecule has 3 aromatic carbocycles. The number of anilines is 1. The fourth-order valence-electron chi connectivity index (χ4n) is 3.20. The lowest BCUT2D eigenvalue weighted by atomic mass is 10.1. The largest absolute Gasteiger partial charge is 0.497 e. The van der Waals surface area contributed by atoms with Gasteiger partial charge in [-0.1, -0.05) is 36.4 Å². The van der Waals surface area contributed by atoms with Crippen molar-refractivity contribution >= 4 is 27.8 Å².